The van der Waals surface area contributed by atoms with Crippen molar-refractivity contribution in [1.82, 2.24) is 9.88 Å². The third kappa shape index (κ3) is 3.14. The molecule has 1 N–H and O–H groups in total. The highest BCUT2D eigenvalue weighted by atomic mass is 79.9. The Morgan fingerprint density at radius 1 is 1.45 bits per heavy atom. The number of rotatable bonds is 3. The minimum atomic E-state index is 0.0434. The van der Waals surface area contributed by atoms with E-state index in [0.29, 0.717) is 23.3 Å². The second-order valence-electron chi connectivity index (χ2n) is 5.54. The number of nitrogens with zero attached hydrogens (tertiary/aromatic N) is 2. The molecule has 2 unspecified atom stereocenters. The molecule has 4 nitrogen and oxygen atoms in total. The smallest absolute Gasteiger partial charge is 0.257 e. The molecule has 0 spiro atoms. The fraction of sp³-hybridized carbons (Fsp3) is 0.600. The lowest BCUT2D eigenvalue weighted by Gasteiger charge is -2.36. The molecule has 1 amide bonds. The van der Waals surface area contributed by atoms with Crippen LogP contribution in [0.1, 0.15) is 43.0 Å². The van der Waals surface area contributed by atoms with E-state index in [1.165, 1.54) is 19.3 Å². The van der Waals surface area contributed by atoms with Gasteiger partial charge < -0.3 is 10.2 Å². The maximum Gasteiger partial charge on any atom is 0.257 e. The summed E-state index contributed by atoms with van der Waals surface area (Å²) < 4.78 is 0.824. The number of anilines is 1. The molecule has 1 aliphatic rings. The van der Waals surface area contributed by atoms with Crippen molar-refractivity contribution >= 4 is 27.7 Å². The summed E-state index contributed by atoms with van der Waals surface area (Å²) >= 11 is 3.39. The van der Waals surface area contributed by atoms with Gasteiger partial charge in [-0.15, -0.1) is 0 Å². The van der Waals surface area contributed by atoms with E-state index >= 15 is 0 Å². The number of carbonyl (C=O) groups is 1. The maximum atomic E-state index is 12.7. The quantitative estimate of drug-likeness (QED) is 0.915. The van der Waals surface area contributed by atoms with E-state index in [1.54, 1.807) is 13.2 Å². The fourth-order valence-corrected chi connectivity index (χ4v) is 3.35. The molecule has 0 saturated heterocycles. The molecule has 1 saturated carbocycles. The van der Waals surface area contributed by atoms with Gasteiger partial charge in [-0.3, -0.25) is 4.79 Å². The van der Waals surface area contributed by atoms with Crippen molar-refractivity contribution in [2.75, 3.05) is 19.4 Å². The van der Waals surface area contributed by atoms with E-state index in [1.807, 2.05) is 18.0 Å². The summed E-state index contributed by atoms with van der Waals surface area (Å²) in [5.41, 5.74) is 0.627. The number of pyridine rings is 1. The van der Waals surface area contributed by atoms with Crippen molar-refractivity contribution in [3.63, 3.8) is 0 Å². The SMILES string of the molecule is CNc1ncc(Br)cc1C(=O)N(C)C1CCCCC1C. The van der Waals surface area contributed by atoms with Crippen LogP contribution in [0, 0.1) is 5.92 Å². The van der Waals surface area contributed by atoms with Gasteiger partial charge in [0.15, 0.2) is 0 Å². The van der Waals surface area contributed by atoms with Gasteiger partial charge in [-0.2, -0.15) is 0 Å². The largest absolute Gasteiger partial charge is 0.372 e. The van der Waals surface area contributed by atoms with Crippen LogP contribution in [0.2, 0.25) is 0 Å². The molecule has 0 bridgehead atoms. The number of hydrogen-bond donors (Lipinski definition) is 1. The van der Waals surface area contributed by atoms with Crippen LogP contribution in [0.25, 0.3) is 0 Å². The molecular formula is C15H22BrN3O. The summed E-state index contributed by atoms with van der Waals surface area (Å²) in [6.45, 7) is 2.24. The Morgan fingerprint density at radius 2 is 2.15 bits per heavy atom. The number of hydrogen-bond acceptors (Lipinski definition) is 3. The molecule has 1 aliphatic carbocycles. The van der Waals surface area contributed by atoms with Crippen LogP contribution in [0.5, 0.6) is 0 Å². The van der Waals surface area contributed by atoms with Gasteiger partial charge >= 0.3 is 0 Å². The van der Waals surface area contributed by atoms with Crippen LogP contribution in [-0.4, -0.2) is 35.9 Å². The van der Waals surface area contributed by atoms with Gasteiger partial charge in [0.1, 0.15) is 5.82 Å². The highest BCUT2D eigenvalue weighted by molar-refractivity contribution is 9.10. The number of nitrogens with one attached hydrogen (secondary N) is 1. The summed E-state index contributed by atoms with van der Waals surface area (Å²) in [4.78, 5) is 18.9. The Balaban J connectivity index is 2.23. The Labute approximate surface area is 129 Å². The Hall–Kier alpha value is -1.10. The van der Waals surface area contributed by atoms with Crippen LogP contribution in [0.3, 0.4) is 0 Å². The van der Waals surface area contributed by atoms with Crippen molar-refractivity contribution in [1.29, 1.82) is 0 Å². The summed E-state index contributed by atoms with van der Waals surface area (Å²) in [7, 11) is 3.70. The highest BCUT2D eigenvalue weighted by Gasteiger charge is 2.29. The molecule has 2 atom stereocenters. The number of halogens is 1. The lowest BCUT2D eigenvalue weighted by atomic mass is 9.85. The van der Waals surface area contributed by atoms with E-state index in [0.717, 1.165) is 10.9 Å². The number of amides is 1. The van der Waals surface area contributed by atoms with Gasteiger partial charge in [0, 0.05) is 30.8 Å². The van der Waals surface area contributed by atoms with Crippen molar-refractivity contribution in [3.05, 3.63) is 22.3 Å². The highest BCUT2D eigenvalue weighted by Crippen LogP contribution is 2.29. The van der Waals surface area contributed by atoms with Gasteiger partial charge in [0.25, 0.3) is 5.91 Å². The van der Waals surface area contributed by atoms with Crippen molar-refractivity contribution in [2.24, 2.45) is 5.92 Å². The molecule has 1 aromatic heterocycles. The van der Waals surface area contributed by atoms with E-state index in [-0.39, 0.29) is 5.91 Å². The zero-order valence-corrected chi connectivity index (χ0v) is 13.9. The zero-order valence-electron chi connectivity index (χ0n) is 12.3. The van der Waals surface area contributed by atoms with Gasteiger partial charge in [-0.1, -0.05) is 19.8 Å². The van der Waals surface area contributed by atoms with E-state index in [9.17, 15) is 4.79 Å². The standard InChI is InChI=1S/C15H22BrN3O/c1-10-6-4-5-7-13(10)19(3)15(20)12-8-11(16)9-18-14(12)17-2/h8-10,13H,4-7H2,1-3H3,(H,17,18). The second kappa shape index (κ2) is 6.57. The average molecular weight is 340 g/mol. The molecule has 0 radical (unpaired) electrons. The summed E-state index contributed by atoms with van der Waals surface area (Å²) in [6.07, 6.45) is 6.49. The van der Waals surface area contributed by atoms with Crippen LogP contribution in [-0.2, 0) is 0 Å². The lowest BCUT2D eigenvalue weighted by molar-refractivity contribution is 0.0629. The summed E-state index contributed by atoms with van der Waals surface area (Å²) in [5.74, 6) is 1.24. The first-order valence-electron chi connectivity index (χ1n) is 7.15. The van der Waals surface area contributed by atoms with Crippen molar-refractivity contribution in [3.8, 4) is 0 Å². The molecular weight excluding hydrogens is 318 g/mol. The number of aromatic nitrogens is 1. The van der Waals surface area contributed by atoms with E-state index in [4.69, 9.17) is 0 Å². The number of carbonyl (C=O) groups excluding carboxylic acids is 1. The van der Waals surface area contributed by atoms with E-state index in [2.05, 4.69) is 33.2 Å². The summed E-state index contributed by atoms with van der Waals surface area (Å²) in [5, 5.41) is 2.99. The van der Waals surface area contributed by atoms with Crippen molar-refractivity contribution in [2.45, 2.75) is 38.6 Å². The van der Waals surface area contributed by atoms with Crippen LogP contribution in [0.4, 0.5) is 5.82 Å². The normalized spacial score (nSPS) is 22.4. The molecule has 1 heterocycles. The molecule has 0 aromatic carbocycles. The molecule has 5 heteroatoms. The second-order valence-corrected chi connectivity index (χ2v) is 6.46. The first-order chi connectivity index (χ1) is 9.54. The van der Waals surface area contributed by atoms with Crippen LogP contribution in [0.15, 0.2) is 16.7 Å². The molecule has 0 aliphatic heterocycles. The Kier molecular flexibility index (Phi) is 5.02. The summed E-state index contributed by atoms with van der Waals surface area (Å²) in [6, 6.07) is 2.17. The van der Waals surface area contributed by atoms with Crippen LogP contribution >= 0.6 is 15.9 Å². The predicted molar refractivity (Wildman–Crippen MR) is 85.0 cm³/mol. The van der Waals surface area contributed by atoms with Crippen LogP contribution < -0.4 is 5.32 Å². The molecule has 20 heavy (non-hydrogen) atoms. The topological polar surface area (TPSA) is 45.2 Å². The Bertz CT molecular complexity index is 492. The molecule has 1 fully saturated rings. The predicted octanol–water partition coefficient (Wildman–Crippen LogP) is 3.54. The maximum absolute atomic E-state index is 12.7. The third-order valence-corrected chi connectivity index (χ3v) is 4.64. The van der Waals surface area contributed by atoms with Gasteiger partial charge in [-0.25, -0.2) is 4.98 Å². The molecule has 110 valence electrons. The lowest BCUT2D eigenvalue weighted by Crippen LogP contribution is -2.42. The van der Waals surface area contributed by atoms with Gasteiger partial charge in [-0.05, 0) is 40.8 Å². The monoisotopic (exact) mass is 339 g/mol. The third-order valence-electron chi connectivity index (χ3n) is 4.21. The van der Waals surface area contributed by atoms with E-state index < -0.39 is 0 Å². The minimum Gasteiger partial charge on any atom is -0.372 e. The minimum absolute atomic E-state index is 0.0434. The molecule has 1 aromatic rings. The zero-order chi connectivity index (χ0) is 14.7. The first-order valence-corrected chi connectivity index (χ1v) is 7.94. The molecule has 2 rings (SSSR count). The Morgan fingerprint density at radius 3 is 2.80 bits per heavy atom. The van der Waals surface area contributed by atoms with Crippen molar-refractivity contribution < 1.29 is 4.79 Å². The fourth-order valence-electron chi connectivity index (χ4n) is 3.01. The van der Waals surface area contributed by atoms with Gasteiger partial charge in [0.05, 0.1) is 5.56 Å². The first kappa shape index (κ1) is 15.3. The average Bonchev–Trinajstić information content (AvgIpc) is 2.46. The van der Waals surface area contributed by atoms with Gasteiger partial charge in [0.2, 0.25) is 0 Å².